The SMILES string of the molecule is CC(O)(CO)CNC(=O)c1cc(F)cc(N)c1F. The standard InChI is InChI=1S/C11H14F2N2O3/c1-11(18,5-16)4-15-10(17)7-2-6(12)3-8(14)9(7)13/h2-3,16,18H,4-5,14H2,1H3,(H,15,17). The first kappa shape index (κ1) is 14.3. The summed E-state index contributed by atoms with van der Waals surface area (Å²) in [6.45, 7) is 0.392. The Balaban J connectivity index is 2.85. The van der Waals surface area contributed by atoms with E-state index in [4.69, 9.17) is 10.8 Å². The molecule has 0 aliphatic rings. The first-order valence-electron chi connectivity index (χ1n) is 5.13. The fourth-order valence-corrected chi connectivity index (χ4v) is 1.20. The Labute approximate surface area is 102 Å². The third-order valence-corrected chi connectivity index (χ3v) is 2.28. The third kappa shape index (κ3) is 3.38. The summed E-state index contributed by atoms with van der Waals surface area (Å²) in [4.78, 5) is 11.6. The monoisotopic (exact) mass is 260 g/mol. The van der Waals surface area contributed by atoms with Gasteiger partial charge in [0.1, 0.15) is 11.4 Å². The Morgan fingerprint density at radius 1 is 1.50 bits per heavy atom. The largest absolute Gasteiger partial charge is 0.396 e. The van der Waals surface area contributed by atoms with Crippen LogP contribution in [0.2, 0.25) is 0 Å². The molecule has 1 rings (SSSR count). The van der Waals surface area contributed by atoms with Crippen LogP contribution in [0.4, 0.5) is 14.5 Å². The summed E-state index contributed by atoms with van der Waals surface area (Å²) in [5, 5.41) is 20.4. The molecule has 0 saturated carbocycles. The molecule has 5 N–H and O–H groups in total. The van der Waals surface area contributed by atoms with E-state index in [-0.39, 0.29) is 6.54 Å². The van der Waals surface area contributed by atoms with Crippen LogP contribution in [0.15, 0.2) is 12.1 Å². The van der Waals surface area contributed by atoms with Gasteiger partial charge in [0, 0.05) is 6.54 Å². The van der Waals surface area contributed by atoms with E-state index in [1.54, 1.807) is 0 Å². The summed E-state index contributed by atoms with van der Waals surface area (Å²) >= 11 is 0. The van der Waals surface area contributed by atoms with Crippen molar-refractivity contribution >= 4 is 11.6 Å². The number of nitrogen functional groups attached to an aromatic ring is 1. The number of rotatable bonds is 4. The van der Waals surface area contributed by atoms with E-state index in [0.29, 0.717) is 6.07 Å². The maximum absolute atomic E-state index is 13.5. The van der Waals surface area contributed by atoms with Crippen molar-refractivity contribution in [2.24, 2.45) is 0 Å². The van der Waals surface area contributed by atoms with Gasteiger partial charge in [0.2, 0.25) is 0 Å². The Hall–Kier alpha value is -1.73. The van der Waals surface area contributed by atoms with Gasteiger partial charge in [0.25, 0.3) is 5.91 Å². The molecule has 0 radical (unpaired) electrons. The quantitative estimate of drug-likeness (QED) is 0.574. The van der Waals surface area contributed by atoms with Crippen molar-refractivity contribution in [2.45, 2.75) is 12.5 Å². The summed E-state index contributed by atoms with van der Waals surface area (Å²) in [5.41, 5.74) is 2.61. The summed E-state index contributed by atoms with van der Waals surface area (Å²) in [7, 11) is 0. The van der Waals surface area contributed by atoms with Crippen LogP contribution in [0.5, 0.6) is 0 Å². The number of benzene rings is 1. The lowest BCUT2D eigenvalue weighted by Gasteiger charge is -2.20. The molecular weight excluding hydrogens is 246 g/mol. The van der Waals surface area contributed by atoms with Gasteiger partial charge in [-0.3, -0.25) is 4.79 Å². The van der Waals surface area contributed by atoms with Crippen LogP contribution in [0.3, 0.4) is 0 Å². The molecule has 0 aliphatic heterocycles. The number of aliphatic hydroxyl groups excluding tert-OH is 1. The predicted molar refractivity (Wildman–Crippen MR) is 60.8 cm³/mol. The number of hydrogen-bond donors (Lipinski definition) is 4. The highest BCUT2D eigenvalue weighted by molar-refractivity contribution is 5.95. The fourth-order valence-electron chi connectivity index (χ4n) is 1.20. The summed E-state index contributed by atoms with van der Waals surface area (Å²) < 4.78 is 26.5. The first-order valence-corrected chi connectivity index (χ1v) is 5.13. The van der Waals surface area contributed by atoms with Crippen LogP contribution in [-0.2, 0) is 0 Å². The predicted octanol–water partition coefficient (Wildman–Crippen LogP) is 0.0201. The second-order valence-corrected chi connectivity index (χ2v) is 4.19. The number of carbonyl (C=O) groups is 1. The second-order valence-electron chi connectivity index (χ2n) is 4.19. The minimum absolute atomic E-state index is 0.307. The Morgan fingerprint density at radius 2 is 2.11 bits per heavy atom. The highest BCUT2D eigenvalue weighted by atomic mass is 19.1. The molecule has 0 spiro atoms. The van der Waals surface area contributed by atoms with Gasteiger partial charge in [-0.05, 0) is 19.1 Å². The maximum Gasteiger partial charge on any atom is 0.254 e. The lowest BCUT2D eigenvalue weighted by molar-refractivity contribution is 0.00316. The zero-order valence-electron chi connectivity index (χ0n) is 9.70. The molecule has 5 nitrogen and oxygen atoms in total. The average Bonchev–Trinajstić information content (AvgIpc) is 2.31. The van der Waals surface area contributed by atoms with Crippen LogP contribution in [0.25, 0.3) is 0 Å². The summed E-state index contributed by atoms with van der Waals surface area (Å²) in [6.07, 6.45) is 0. The van der Waals surface area contributed by atoms with Crippen LogP contribution in [0.1, 0.15) is 17.3 Å². The zero-order valence-corrected chi connectivity index (χ0v) is 9.70. The lowest BCUT2D eigenvalue weighted by Crippen LogP contribution is -2.43. The Bertz CT molecular complexity index is 464. The number of amides is 1. The first-order chi connectivity index (χ1) is 8.26. The molecule has 0 aromatic heterocycles. The summed E-state index contributed by atoms with van der Waals surface area (Å²) in [6, 6.07) is 1.46. The molecule has 0 saturated heterocycles. The Kier molecular flexibility index (Phi) is 4.20. The highest BCUT2D eigenvalue weighted by Gasteiger charge is 2.22. The topological polar surface area (TPSA) is 95.6 Å². The van der Waals surface area contributed by atoms with Gasteiger partial charge in [0.15, 0.2) is 5.82 Å². The minimum atomic E-state index is -1.54. The van der Waals surface area contributed by atoms with Crippen molar-refractivity contribution in [1.29, 1.82) is 0 Å². The third-order valence-electron chi connectivity index (χ3n) is 2.28. The van der Waals surface area contributed by atoms with Crippen LogP contribution < -0.4 is 11.1 Å². The average molecular weight is 260 g/mol. The van der Waals surface area contributed by atoms with Crippen molar-refractivity contribution in [1.82, 2.24) is 5.32 Å². The number of nitrogens with two attached hydrogens (primary N) is 1. The zero-order chi connectivity index (χ0) is 13.9. The molecule has 100 valence electrons. The Morgan fingerprint density at radius 3 is 2.67 bits per heavy atom. The molecule has 7 heteroatoms. The molecule has 1 unspecified atom stereocenters. The number of anilines is 1. The van der Waals surface area contributed by atoms with Gasteiger partial charge in [-0.15, -0.1) is 0 Å². The van der Waals surface area contributed by atoms with Gasteiger partial charge in [-0.2, -0.15) is 0 Å². The minimum Gasteiger partial charge on any atom is -0.396 e. The molecule has 1 amide bonds. The lowest BCUT2D eigenvalue weighted by atomic mass is 10.1. The maximum atomic E-state index is 13.5. The number of hydrogen-bond acceptors (Lipinski definition) is 4. The fraction of sp³-hybridized carbons (Fsp3) is 0.364. The highest BCUT2D eigenvalue weighted by Crippen LogP contribution is 2.17. The molecular formula is C11H14F2N2O3. The van der Waals surface area contributed by atoms with Crippen molar-refractivity contribution in [3.63, 3.8) is 0 Å². The molecule has 1 aromatic rings. The van der Waals surface area contributed by atoms with Gasteiger partial charge < -0.3 is 21.3 Å². The second kappa shape index (κ2) is 5.28. The smallest absolute Gasteiger partial charge is 0.254 e. The molecule has 0 heterocycles. The van der Waals surface area contributed by atoms with E-state index in [0.717, 1.165) is 6.07 Å². The van der Waals surface area contributed by atoms with Gasteiger partial charge in [0.05, 0.1) is 17.9 Å². The van der Waals surface area contributed by atoms with E-state index in [1.165, 1.54) is 6.92 Å². The van der Waals surface area contributed by atoms with E-state index in [2.05, 4.69) is 5.32 Å². The van der Waals surface area contributed by atoms with E-state index >= 15 is 0 Å². The van der Waals surface area contributed by atoms with E-state index < -0.39 is 41.0 Å². The molecule has 1 aromatic carbocycles. The number of halogens is 2. The molecule has 18 heavy (non-hydrogen) atoms. The van der Waals surface area contributed by atoms with E-state index in [1.807, 2.05) is 0 Å². The molecule has 0 bridgehead atoms. The van der Waals surface area contributed by atoms with Crippen LogP contribution in [-0.4, -0.2) is 34.9 Å². The van der Waals surface area contributed by atoms with Gasteiger partial charge in [-0.1, -0.05) is 0 Å². The van der Waals surface area contributed by atoms with Gasteiger partial charge >= 0.3 is 0 Å². The normalized spacial score (nSPS) is 14.1. The van der Waals surface area contributed by atoms with Crippen molar-refractivity contribution in [3.05, 3.63) is 29.3 Å². The number of carbonyl (C=O) groups excluding carboxylic acids is 1. The molecule has 1 atom stereocenters. The van der Waals surface area contributed by atoms with Crippen molar-refractivity contribution in [2.75, 3.05) is 18.9 Å². The summed E-state index contributed by atoms with van der Waals surface area (Å²) in [5.74, 6) is -2.79. The van der Waals surface area contributed by atoms with Crippen LogP contribution >= 0.6 is 0 Å². The number of aliphatic hydroxyl groups is 2. The van der Waals surface area contributed by atoms with Crippen LogP contribution in [0, 0.1) is 11.6 Å². The molecule has 0 fully saturated rings. The van der Waals surface area contributed by atoms with Crippen molar-refractivity contribution < 1.29 is 23.8 Å². The van der Waals surface area contributed by atoms with Crippen molar-refractivity contribution in [3.8, 4) is 0 Å². The molecule has 0 aliphatic carbocycles. The van der Waals surface area contributed by atoms with E-state index in [9.17, 15) is 18.7 Å². The number of nitrogens with one attached hydrogen (secondary N) is 1. The van der Waals surface area contributed by atoms with Gasteiger partial charge in [-0.25, -0.2) is 8.78 Å².